The molecule has 0 fully saturated rings. The third-order valence-electron chi connectivity index (χ3n) is 2.23. The first kappa shape index (κ1) is 13.5. The van der Waals surface area contributed by atoms with E-state index in [9.17, 15) is 0 Å². The lowest BCUT2D eigenvalue weighted by Crippen LogP contribution is -2.18. The largest absolute Gasteiger partial charge is 0.476 e. The van der Waals surface area contributed by atoms with E-state index in [1.54, 1.807) is 14.0 Å². The second-order valence-corrected chi connectivity index (χ2v) is 3.70. The number of hydrogen-bond acceptors (Lipinski definition) is 4. The van der Waals surface area contributed by atoms with E-state index in [-0.39, 0.29) is 0 Å². The average molecular weight is 234 g/mol. The van der Waals surface area contributed by atoms with E-state index in [4.69, 9.17) is 14.7 Å². The Kier molecular flexibility index (Phi) is 6.08. The number of rotatable bonds is 7. The molecule has 1 rings (SSSR count). The van der Waals surface area contributed by atoms with Crippen molar-refractivity contribution in [2.24, 2.45) is 0 Å². The summed E-state index contributed by atoms with van der Waals surface area (Å²) in [5, 5.41) is 11.9. The first-order chi connectivity index (χ1) is 8.26. The molecule has 4 nitrogen and oxygen atoms in total. The lowest BCUT2D eigenvalue weighted by Gasteiger charge is -2.08. The Labute approximate surface area is 102 Å². The maximum Gasteiger partial charge on any atom is 0.181 e. The van der Waals surface area contributed by atoms with Crippen molar-refractivity contribution < 1.29 is 9.47 Å². The molecule has 0 saturated heterocycles. The Morgan fingerprint density at radius 3 is 2.65 bits per heavy atom. The van der Waals surface area contributed by atoms with Crippen LogP contribution in [0.3, 0.4) is 0 Å². The summed E-state index contributed by atoms with van der Waals surface area (Å²) >= 11 is 0. The first-order valence-electron chi connectivity index (χ1n) is 5.61. The molecule has 17 heavy (non-hydrogen) atoms. The van der Waals surface area contributed by atoms with Crippen LogP contribution in [-0.4, -0.2) is 26.4 Å². The Balaban J connectivity index is 2.37. The molecule has 0 saturated carbocycles. The van der Waals surface area contributed by atoms with Crippen LogP contribution in [0.4, 0.5) is 0 Å². The van der Waals surface area contributed by atoms with E-state index in [0.717, 1.165) is 18.8 Å². The van der Waals surface area contributed by atoms with Crippen LogP contribution in [0.2, 0.25) is 0 Å². The summed E-state index contributed by atoms with van der Waals surface area (Å²) in [5.41, 5.74) is 1.18. The molecule has 0 radical (unpaired) electrons. The third kappa shape index (κ3) is 5.34. The van der Waals surface area contributed by atoms with Crippen LogP contribution < -0.4 is 10.1 Å². The zero-order chi connectivity index (χ0) is 12.5. The van der Waals surface area contributed by atoms with Crippen molar-refractivity contribution in [3.8, 4) is 11.8 Å². The summed E-state index contributed by atoms with van der Waals surface area (Å²) < 4.78 is 10.3. The van der Waals surface area contributed by atoms with Crippen LogP contribution in [0.1, 0.15) is 12.5 Å². The van der Waals surface area contributed by atoms with Crippen LogP contribution >= 0.6 is 0 Å². The SMILES string of the molecule is COCCNCc1ccc(OC(C)C#N)cc1. The number of benzene rings is 1. The second kappa shape index (κ2) is 7.66. The fourth-order valence-corrected chi connectivity index (χ4v) is 1.32. The molecule has 0 amide bonds. The maximum absolute atomic E-state index is 8.62. The zero-order valence-electron chi connectivity index (χ0n) is 10.3. The molecule has 1 aromatic carbocycles. The van der Waals surface area contributed by atoms with E-state index < -0.39 is 6.10 Å². The van der Waals surface area contributed by atoms with Gasteiger partial charge in [-0.05, 0) is 24.6 Å². The molecule has 1 unspecified atom stereocenters. The highest BCUT2D eigenvalue weighted by Gasteiger charge is 2.01. The predicted molar refractivity (Wildman–Crippen MR) is 65.7 cm³/mol. The van der Waals surface area contributed by atoms with E-state index >= 15 is 0 Å². The Hall–Kier alpha value is -1.57. The third-order valence-corrected chi connectivity index (χ3v) is 2.23. The van der Waals surface area contributed by atoms with Crippen molar-refractivity contribution in [3.05, 3.63) is 29.8 Å². The molecular formula is C13H18N2O2. The van der Waals surface area contributed by atoms with Crippen molar-refractivity contribution >= 4 is 0 Å². The molecule has 0 aromatic heterocycles. The lowest BCUT2D eigenvalue weighted by atomic mass is 10.2. The van der Waals surface area contributed by atoms with Crippen molar-refractivity contribution in [1.82, 2.24) is 5.32 Å². The molecule has 1 atom stereocenters. The van der Waals surface area contributed by atoms with Gasteiger partial charge in [0.15, 0.2) is 6.10 Å². The molecular weight excluding hydrogens is 216 g/mol. The van der Waals surface area contributed by atoms with Crippen molar-refractivity contribution in [2.75, 3.05) is 20.3 Å². The number of nitrogens with zero attached hydrogens (tertiary/aromatic N) is 1. The van der Waals surface area contributed by atoms with Crippen LogP contribution in [0.25, 0.3) is 0 Å². The van der Waals surface area contributed by atoms with E-state index in [1.807, 2.05) is 30.3 Å². The van der Waals surface area contributed by atoms with Gasteiger partial charge in [0.05, 0.1) is 6.61 Å². The minimum absolute atomic E-state index is 0.416. The zero-order valence-corrected chi connectivity index (χ0v) is 10.3. The van der Waals surface area contributed by atoms with E-state index in [2.05, 4.69) is 5.32 Å². The van der Waals surface area contributed by atoms with Gasteiger partial charge in [-0.25, -0.2) is 0 Å². The molecule has 0 aliphatic rings. The minimum Gasteiger partial charge on any atom is -0.476 e. The molecule has 1 aromatic rings. The van der Waals surface area contributed by atoms with Gasteiger partial charge in [0, 0.05) is 20.2 Å². The lowest BCUT2D eigenvalue weighted by molar-refractivity contribution is 0.199. The fourth-order valence-electron chi connectivity index (χ4n) is 1.32. The van der Waals surface area contributed by atoms with Crippen LogP contribution in [0, 0.1) is 11.3 Å². The standard InChI is InChI=1S/C13H18N2O2/c1-11(9-14)17-13-5-3-12(4-6-13)10-15-7-8-16-2/h3-6,11,15H,7-8,10H2,1-2H3. The normalized spacial score (nSPS) is 11.8. The number of ether oxygens (including phenoxy) is 2. The highest BCUT2D eigenvalue weighted by Crippen LogP contribution is 2.13. The number of nitriles is 1. The summed E-state index contributed by atoms with van der Waals surface area (Å²) in [6, 6.07) is 9.75. The monoisotopic (exact) mass is 234 g/mol. The summed E-state index contributed by atoms with van der Waals surface area (Å²) in [7, 11) is 1.68. The number of methoxy groups -OCH3 is 1. The Morgan fingerprint density at radius 2 is 2.06 bits per heavy atom. The number of hydrogen-bond donors (Lipinski definition) is 1. The van der Waals surface area contributed by atoms with Gasteiger partial charge in [0.1, 0.15) is 11.8 Å². The first-order valence-corrected chi connectivity index (χ1v) is 5.61. The van der Waals surface area contributed by atoms with Gasteiger partial charge in [-0.1, -0.05) is 12.1 Å². The minimum atomic E-state index is -0.416. The molecule has 0 bridgehead atoms. The van der Waals surface area contributed by atoms with Gasteiger partial charge in [-0.3, -0.25) is 0 Å². The Morgan fingerprint density at radius 1 is 1.35 bits per heavy atom. The van der Waals surface area contributed by atoms with E-state index in [1.165, 1.54) is 5.56 Å². The highest BCUT2D eigenvalue weighted by atomic mass is 16.5. The summed E-state index contributed by atoms with van der Waals surface area (Å²) in [6.45, 7) is 4.07. The Bertz CT molecular complexity index is 357. The van der Waals surface area contributed by atoms with Gasteiger partial charge in [-0.2, -0.15) is 5.26 Å². The molecule has 0 spiro atoms. The van der Waals surface area contributed by atoms with Crippen LogP contribution in [0.15, 0.2) is 24.3 Å². The molecule has 1 N–H and O–H groups in total. The second-order valence-electron chi connectivity index (χ2n) is 3.70. The summed E-state index contributed by atoms with van der Waals surface area (Å²) in [5.74, 6) is 0.722. The predicted octanol–water partition coefficient (Wildman–Crippen LogP) is 1.71. The summed E-state index contributed by atoms with van der Waals surface area (Å²) in [6.07, 6.45) is -0.416. The number of nitrogens with one attached hydrogen (secondary N) is 1. The van der Waals surface area contributed by atoms with Gasteiger partial charge in [-0.15, -0.1) is 0 Å². The van der Waals surface area contributed by atoms with Crippen LogP contribution in [0.5, 0.6) is 5.75 Å². The molecule has 0 aliphatic heterocycles. The highest BCUT2D eigenvalue weighted by molar-refractivity contribution is 5.27. The van der Waals surface area contributed by atoms with Crippen molar-refractivity contribution in [1.29, 1.82) is 5.26 Å². The maximum atomic E-state index is 8.62. The van der Waals surface area contributed by atoms with Crippen molar-refractivity contribution in [3.63, 3.8) is 0 Å². The van der Waals surface area contributed by atoms with Gasteiger partial charge < -0.3 is 14.8 Å². The van der Waals surface area contributed by atoms with Crippen molar-refractivity contribution in [2.45, 2.75) is 19.6 Å². The van der Waals surface area contributed by atoms with Gasteiger partial charge in [0.2, 0.25) is 0 Å². The van der Waals surface area contributed by atoms with Gasteiger partial charge >= 0.3 is 0 Å². The van der Waals surface area contributed by atoms with E-state index in [0.29, 0.717) is 6.61 Å². The topological polar surface area (TPSA) is 54.3 Å². The van der Waals surface area contributed by atoms with Gasteiger partial charge in [0.25, 0.3) is 0 Å². The fraction of sp³-hybridized carbons (Fsp3) is 0.462. The molecule has 0 heterocycles. The smallest absolute Gasteiger partial charge is 0.181 e. The quantitative estimate of drug-likeness (QED) is 0.730. The molecule has 92 valence electrons. The summed E-state index contributed by atoms with van der Waals surface area (Å²) in [4.78, 5) is 0. The molecule has 0 aliphatic carbocycles. The van der Waals surface area contributed by atoms with Crippen LogP contribution in [-0.2, 0) is 11.3 Å². The average Bonchev–Trinajstić information content (AvgIpc) is 2.36. The molecule has 4 heteroatoms.